The van der Waals surface area contributed by atoms with Gasteiger partial charge in [0, 0.05) is 6.54 Å². The molecule has 94 valence electrons. The molecule has 3 heteroatoms. The molecule has 0 atom stereocenters. The first-order valence-electron chi connectivity index (χ1n) is 6.07. The van der Waals surface area contributed by atoms with Gasteiger partial charge in [-0.25, -0.2) is 4.98 Å². The minimum absolute atomic E-state index is 0.777. The summed E-state index contributed by atoms with van der Waals surface area (Å²) in [6.45, 7) is 2.99. The van der Waals surface area contributed by atoms with Crippen LogP contribution in [0.2, 0.25) is 0 Å². The Kier molecular flexibility index (Phi) is 4.18. The van der Waals surface area contributed by atoms with Gasteiger partial charge in [-0.15, -0.1) is 0 Å². The van der Waals surface area contributed by atoms with Crippen molar-refractivity contribution < 1.29 is 4.74 Å². The number of hydrogen-bond donors (Lipinski definition) is 1. The summed E-state index contributed by atoms with van der Waals surface area (Å²) in [6.07, 6.45) is 2.71. The van der Waals surface area contributed by atoms with Crippen molar-refractivity contribution in [3.8, 4) is 5.75 Å². The van der Waals surface area contributed by atoms with E-state index in [1.807, 2.05) is 12.1 Å². The Labute approximate surface area is 108 Å². The fraction of sp³-hybridized carbons (Fsp3) is 0.267. The lowest BCUT2D eigenvalue weighted by Gasteiger charge is -2.07. The van der Waals surface area contributed by atoms with Crippen LogP contribution in [0.5, 0.6) is 5.75 Å². The number of nitrogens with one attached hydrogen (secondary N) is 1. The predicted octanol–water partition coefficient (Wildman–Crippen LogP) is 3.05. The molecule has 1 aromatic heterocycles. The van der Waals surface area contributed by atoms with Gasteiger partial charge in [0.15, 0.2) is 0 Å². The van der Waals surface area contributed by atoms with E-state index in [0.29, 0.717) is 0 Å². The molecule has 0 spiro atoms. The zero-order valence-corrected chi connectivity index (χ0v) is 10.8. The van der Waals surface area contributed by atoms with Crippen LogP contribution in [0, 0.1) is 6.92 Å². The lowest BCUT2D eigenvalue weighted by molar-refractivity contribution is 0.413. The fourth-order valence-corrected chi connectivity index (χ4v) is 1.81. The number of ether oxygens (including phenoxy) is 1. The number of hydrogen-bond acceptors (Lipinski definition) is 3. The fourth-order valence-electron chi connectivity index (χ4n) is 1.81. The van der Waals surface area contributed by atoms with Crippen LogP contribution in [0.1, 0.15) is 11.1 Å². The van der Waals surface area contributed by atoms with Gasteiger partial charge in [0.25, 0.3) is 0 Å². The van der Waals surface area contributed by atoms with Crippen molar-refractivity contribution in [3.05, 3.63) is 53.7 Å². The zero-order valence-electron chi connectivity index (χ0n) is 10.8. The number of methoxy groups -OCH3 is 1. The van der Waals surface area contributed by atoms with E-state index in [1.54, 1.807) is 13.3 Å². The van der Waals surface area contributed by atoms with Crippen molar-refractivity contribution in [1.29, 1.82) is 0 Å². The van der Waals surface area contributed by atoms with Crippen LogP contribution in [-0.2, 0) is 6.42 Å². The van der Waals surface area contributed by atoms with E-state index in [9.17, 15) is 0 Å². The summed E-state index contributed by atoms with van der Waals surface area (Å²) < 4.78 is 5.07. The summed E-state index contributed by atoms with van der Waals surface area (Å²) in [6, 6.07) is 12.4. The van der Waals surface area contributed by atoms with Crippen LogP contribution >= 0.6 is 0 Å². The highest BCUT2D eigenvalue weighted by Crippen LogP contribution is 2.11. The number of aryl methyl sites for hydroxylation is 1. The third-order valence-corrected chi connectivity index (χ3v) is 2.77. The summed E-state index contributed by atoms with van der Waals surface area (Å²) in [5.41, 5.74) is 2.64. The molecule has 0 saturated heterocycles. The summed E-state index contributed by atoms with van der Waals surface area (Å²) in [7, 11) is 1.64. The monoisotopic (exact) mass is 242 g/mol. The quantitative estimate of drug-likeness (QED) is 0.875. The first kappa shape index (κ1) is 12.4. The average molecular weight is 242 g/mol. The molecule has 3 nitrogen and oxygen atoms in total. The molecule has 1 aromatic carbocycles. The highest BCUT2D eigenvalue weighted by atomic mass is 16.5. The molecule has 0 saturated carbocycles. The van der Waals surface area contributed by atoms with Crippen molar-refractivity contribution in [3.63, 3.8) is 0 Å². The van der Waals surface area contributed by atoms with E-state index in [4.69, 9.17) is 4.74 Å². The Morgan fingerprint density at radius 2 is 2.11 bits per heavy atom. The van der Waals surface area contributed by atoms with Gasteiger partial charge in [0.05, 0.1) is 13.3 Å². The van der Waals surface area contributed by atoms with Gasteiger partial charge in [0.1, 0.15) is 11.6 Å². The molecule has 1 heterocycles. The molecule has 0 fully saturated rings. The van der Waals surface area contributed by atoms with E-state index >= 15 is 0 Å². The molecule has 0 aliphatic rings. The van der Waals surface area contributed by atoms with Crippen LogP contribution < -0.4 is 10.1 Å². The number of pyridine rings is 1. The van der Waals surface area contributed by atoms with Gasteiger partial charge in [0.2, 0.25) is 0 Å². The summed E-state index contributed by atoms with van der Waals surface area (Å²) in [5.74, 6) is 1.66. The number of aromatic nitrogens is 1. The van der Waals surface area contributed by atoms with Gasteiger partial charge in [-0.05, 0) is 31.0 Å². The first-order chi connectivity index (χ1) is 8.78. The number of benzene rings is 1. The molecule has 1 N–H and O–H groups in total. The summed E-state index contributed by atoms with van der Waals surface area (Å²) in [5, 5.41) is 3.30. The lowest BCUT2D eigenvalue weighted by atomic mass is 10.1. The first-order valence-corrected chi connectivity index (χ1v) is 6.07. The van der Waals surface area contributed by atoms with Gasteiger partial charge >= 0.3 is 0 Å². The molecule has 2 rings (SSSR count). The SMILES string of the molecule is COc1ccc(NCCc2cccc(C)c2)nc1. The minimum atomic E-state index is 0.777. The van der Waals surface area contributed by atoms with Crippen molar-refractivity contribution in [2.45, 2.75) is 13.3 Å². The molecule has 0 amide bonds. The van der Waals surface area contributed by atoms with Crippen molar-refractivity contribution in [2.24, 2.45) is 0 Å². The van der Waals surface area contributed by atoms with Crippen LogP contribution in [0.25, 0.3) is 0 Å². The van der Waals surface area contributed by atoms with Gasteiger partial charge in [-0.2, -0.15) is 0 Å². The molecule has 0 unspecified atom stereocenters. The van der Waals surface area contributed by atoms with E-state index in [2.05, 4.69) is 41.5 Å². The maximum atomic E-state index is 5.07. The Balaban J connectivity index is 1.84. The summed E-state index contributed by atoms with van der Waals surface area (Å²) in [4.78, 5) is 4.26. The normalized spacial score (nSPS) is 10.1. The van der Waals surface area contributed by atoms with E-state index in [-0.39, 0.29) is 0 Å². The van der Waals surface area contributed by atoms with E-state index in [0.717, 1.165) is 24.5 Å². The molecule has 2 aromatic rings. The molecular formula is C15H18N2O. The zero-order chi connectivity index (χ0) is 12.8. The van der Waals surface area contributed by atoms with Crippen LogP contribution in [0.15, 0.2) is 42.6 Å². The van der Waals surface area contributed by atoms with Crippen LogP contribution in [0.4, 0.5) is 5.82 Å². The average Bonchev–Trinajstić information content (AvgIpc) is 2.40. The molecule has 0 radical (unpaired) electrons. The van der Waals surface area contributed by atoms with E-state index < -0.39 is 0 Å². The maximum absolute atomic E-state index is 5.07. The summed E-state index contributed by atoms with van der Waals surface area (Å²) >= 11 is 0. The maximum Gasteiger partial charge on any atom is 0.137 e. The van der Waals surface area contributed by atoms with E-state index in [1.165, 1.54) is 11.1 Å². The minimum Gasteiger partial charge on any atom is -0.495 e. The highest BCUT2D eigenvalue weighted by Gasteiger charge is 1.96. The van der Waals surface area contributed by atoms with Crippen molar-refractivity contribution in [2.75, 3.05) is 19.0 Å². The topological polar surface area (TPSA) is 34.1 Å². The standard InChI is InChI=1S/C15H18N2O/c1-12-4-3-5-13(10-12)8-9-16-15-7-6-14(18-2)11-17-15/h3-7,10-11H,8-9H2,1-2H3,(H,16,17). The molecule has 0 bridgehead atoms. The Morgan fingerprint density at radius 1 is 1.22 bits per heavy atom. The van der Waals surface area contributed by atoms with Gasteiger partial charge < -0.3 is 10.1 Å². The number of anilines is 1. The second-order valence-electron chi connectivity index (χ2n) is 4.25. The Hall–Kier alpha value is -2.03. The molecule has 0 aliphatic carbocycles. The smallest absolute Gasteiger partial charge is 0.137 e. The lowest BCUT2D eigenvalue weighted by Crippen LogP contribution is -2.06. The Bertz CT molecular complexity index is 494. The largest absolute Gasteiger partial charge is 0.495 e. The van der Waals surface area contributed by atoms with Crippen LogP contribution in [0.3, 0.4) is 0 Å². The molecule has 0 aliphatic heterocycles. The number of rotatable bonds is 5. The third-order valence-electron chi connectivity index (χ3n) is 2.77. The van der Waals surface area contributed by atoms with Crippen molar-refractivity contribution >= 4 is 5.82 Å². The highest BCUT2D eigenvalue weighted by molar-refractivity contribution is 5.37. The molecular weight excluding hydrogens is 224 g/mol. The Morgan fingerprint density at radius 3 is 2.78 bits per heavy atom. The third kappa shape index (κ3) is 3.48. The van der Waals surface area contributed by atoms with Crippen LogP contribution in [-0.4, -0.2) is 18.6 Å². The second kappa shape index (κ2) is 6.05. The van der Waals surface area contributed by atoms with Gasteiger partial charge in [-0.1, -0.05) is 29.8 Å². The van der Waals surface area contributed by atoms with Gasteiger partial charge in [-0.3, -0.25) is 0 Å². The number of nitrogens with zero attached hydrogens (tertiary/aromatic N) is 1. The predicted molar refractivity (Wildman–Crippen MR) is 74.2 cm³/mol. The van der Waals surface area contributed by atoms with Crippen molar-refractivity contribution in [1.82, 2.24) is 4.98 Å². The second-order valence-corrected chi connectivity index (χ2v) is 4.25. The molecule has 18 heavy (non-hydrogen) atoms.